The highest BCUT2D eigenvalue weighted by Crippen LogP contribution is 2.29. The van der Waals surface area contributed by atoms with E-state index in [4.69, 9.17) is 0 Å². The molecule has 2 heterocycles. The number of anilines is 1. The Labute approximate surface area is 122 Å². The van der Waals surface area contributed by atoms with Crippen LogP contribution in [-0.2, 0) is 12.8 Å². The predicted octanol–water partition coefficient (Wildman–Crippen LogP) is 3.05. The van der Waals surface area contributed by atoms with Crippen LogP contribution in [0.4, 0.5) is 5.13 Å². The van der Waals surface area contributed by atoms with Crippen molar-refractivity contribution in [2.24, 2.45) is 0 Å². The van der Waals surface area contributed by atoms with Gasteiger partial charge in [-0.05, 0) is 45.6 Å². The zero-order chi connectivity index (χ0) is 14.1. The molecule has 0 radical (unpaired) electrons. The van der Waals surface area contributed by atoms with E-state index >= 15 is 0 Å². The number of thiazole rings is 1. The lowest BCUT2D eigenvalue weighted by atomic mass is 10.0. The lowest BCUT2D eigenvalue weighted by molar-refractivity contribution is 0.101. The van der Waals surface area contributed by atoms with Crippen molar-refractivity contribution in [2.75, 3.05) is 5.32 Å². The van der Waals surface area contributed by atoms with Crippen molar-refractivity contribution in [3.63, 3.8) is 0 Å². The molecule has 0 bridgehead atoms. The number of carbonyl (C=O) groups excluding carboxylic acids is 1. The minimum absolute atomic E-state index is 0.137. The number of carbonyl (C=O) groups is 1. The van der Waals surface area contributed by atoms with Gasteiger partial charge in [-0.25, -0.2) is 4.98 Å². The molecule has 0 fully saturated rings. The molecule has 6 heteroatoms. The molecule has 1 amide bonds. The van der Waals surface area contributed by atoms with E-state index in [2.05, 4.69) is 15.4 Å². The minimum atomic E-state index is -0.137. The molecule has 0 saturated carbocycles. The van der Waals surface area contributed by atoms with Crippen molar-refractivity contribution in [3.8, 4) is 0 Å². The number of fused-ring (bicyclic) bond motifs is 1. The van der Waals surface area contributed by atoms with E-state index in [0.29, 0.717) is 10.8 Å². The summed E-state index contributed by atoms with van der Waals surface area (Å²) in [5.41, 5.74) is 1.74. The summed E-state index contributed by atoms with van der Waals surface area (Å²) in [6, 6.07) is 1.90. The fourth-order valence-corrected chi connectivity index (χ4v) is 3.52. The normalized spacial score (nSPS) is 14.3. The average Bonchev–Trinajstić information content (AvgIpc) is 3.04. The SMILES string of the molecule is CC(C)n1nccc1C(=O)Nc1nc2c(s1)CCCC2. The van der Waals surface area contributed by atoms with Crippen LogP contribution in [0.15, 0.2) is 12.3 Å². The standard InChI is InChI=1S/C14H18N4OS/c1-9(2)18-11(7-8-15-18)13(19)17-14-16-10-5-3-4-6-12(10)20-14/h7-9H,3-6H2,1-2H3,(H,16,17,19). The molecule has 0 unspecified atom stereocenters. The average molecular weight is 290 g/mol. The van der Waals surface area contributed by atoms with Gasteiger partial charge in [-0.1, -0.05) is 0 Å². The van der Waals surface area contributed by atoms with Crippen molar-refractivity contribution >= 4 is 22.4 Å². The fourth-order valence-electron chi connectivity index (χ4n) is 2.47. The third kappa shape index (κ3) is 2.47. The number of hydrogen-bond acceptors (Lipinski definition) is 4. The highest BCUT2D eigenvalue weighted by Gasteiger charge is 2.19. The minimum Gasteiger partial charge on any atom is -0.296 e. The molecular formula is C14H18N4OS. The molecule has 0 aromatic carbocycles. The van der Waals surface area contributed by atoms with Crippen molar-refractivity contribution in [1.29, 1.82) is 0 Å². The first-order valence-electron chi connectivity index (χ1n) is 6.98. The molecular weight excluding hydrogens is 272 g/mol. The number of rotatable bonds is 3. The second kappa shape index (κ2) is 5.36. The molecule has 1 aliphatic rings. The quantitative estimate of drug-likeness (QED) is 0.945. The molecule has 1 aliphatic carbocycles. The first kappa shape index (κ1) is 13.3. The molecule has 3 rings (SSSR count). The van der Waals surface area contributed by atoms with Crippen LogP contribution in [0.3, 0.4) is 0 Å². The van der Waals surface area contributed by atoms with Gasteiger partial charge in [-0.15, -0.1) is 11.3 Å². The molecule has 0 atom stereocenters. The maximum Gasteiger partial charge on any atom is 0.275 e. The van der Waals surface area contributed by atoms with Crippen LogP contribution in [0.1, 0.15) is 53.8 Å². The van der Waals surface area contributed by atoms with Crippen LogP contribution in [0.5, 0.6) is 0 Å². The van der Waals surface area contributed by atoms with Crippen molar-refractivity contribution in [2.45, 2.75) is 45.6 Å². The van der Waals surface area contributed by atoms with E-state index in [0.717, 1.165) is 18.5 Å². The van der Waals surface area contributed by atoms with E-state index < -0.39 is 0 Å². The van der Waals surface area contributed by atoms with Gasteiger partial charge in [0.15, 0.2) is 5.13 Å². The Bertz CT molecular complexity index is 605. The summed E-state index contributed by atoms with van der Waals surface area (Å²) in [7, 11) is 0. The van der Waals surface area contributed by atoms with Crippen LogP contribution >= 0.6 is 11.3 Å². The maximum absolute atomic E-state index is 12.3. The van der Waals surface area contributed by atoms with E-state index in [-0.39, 0.29) is 11.9 Å². The first-order chi connectivity index (χ1) is 9.65. The Kier molecular flexibility index (Phi) is 3.56. The number of hydrogen-bond donors (Lipinski definition) is 1. The van der Waals surface area contributed by atoms with Gasteiger partial charge < -0.3 is 0 Å². The van der Waals surface area contributed by atoms with Gasteiger partial charge in [0.2, 0.25) is 0 Å². The van der Waals surface area contributed by atoms with Crippen LogP contribution in [0.25, 0.3) is 0 Å². The Balaban J connectivity index is 1.78. The summed E-state index contributed by atoms with van der Waals surface area (Å²) in [5, 5.41) is 7.79. The number of nitrogens with zero attached hydrogens (tertiary/aromatic N) is 3. The van der Waals surface area contributed by atoms with Crippen molar-refractivity contribution < 1.29 is 4.79 Å². The molecule has 1 N–H and O–H groups in total. The summed E-state index contributed by atoms with van der Waals surface area (Å²) in [4.78, 5) is 18.2. The Morgan fingerprint density at radius 2 is 2.20 bits per heavy atom. The molecule has 0 aliphatic heterocycles. The Hall–Kier alpha value is -1.69. The Morgan fingerprint density at radius 1 is 1.40 bits per heavy atom. The smallest absolute Gasteiger partial charge is 0.275 e. The summed E-state index contributed by atoms with van der Waals surface area (Å²) < 4.78 is 1.73. The van der Waals surface area contributed by atoms with Gasteiger partial charge >= 0.3 is 0 Å². The molecule has 2 aromatic rings. The predicted molar refractivity (Wildman–Crippen MR) is 79.3 cm³/mol. The van der Waals surface area contributed by atoms with E-state index in [1.54, 1.807) is 28.3 Å². The number of nitrogens with one attached hydrogen (secondary N) is 1. The van der Waals surface area contributed by atoms with Crippen molar-refractivity contribution in [3.05, 3.63) is 28.5 Å². The van der Waals surface area contributed by atoms with Gasteiger partial charge in [0, 0.05) is 17.1 Å². The van der Waals surface area contributed by atoms with Gasteiger partial charge in [0.25, 0.3) is 5.91 Å². The third-order valence-electron chi connectivity index (χ3n) is 3.46. The zero-order valence-electron chi connectivity index (χ0n) is 11.7. The molecule has 20 heavy (non-hydrogen) atoms. The molecule has 0 saturated heterocycles. The highest BCUT2D eigenvalue weighted by atomic mass is 32.1. The monoisotopic (exact) mass is 290 g/mol. The van der Waals surface area contributed by atoms with E-state index in [1.165, 1.54) is 17.7 Å². The van der Waals surface area contributed by atoms with Gasteiger partial charge in [0.1, 0.15) is 5.69 Å². The highest BCUT2D eigenvalue weighted by molar-refractivity contribution is 7.15. The zero-order valence-corrected chi connectivity index (χ0v) is 12.5. The number of amides is 1. The second-order valence-electron chi connectivity index (χ2n) is 5.30. The summed E-state index contributed by atoms with van der Waals surface area (Å²) >= 11 is 1.60. The molecule has 2 aromatic heterocycles. The van der Waals surface area contributed by atoms with E-state index in [1.807, 2.05) is 13.8 Å². The van der Waals surface area contributed by atoms with Crippen molar-refractivity contribution in [1.82, 2.24) is 14.8 Å². The summed E-state index contributed by atoms with van der Waals surface area (Å²) in [5.74, 6) is -0.137. The van der Waals surface area contributed by atoms with Gasteiger partial charge in [-0.3, -0.25) is 14.8 Å². The van der Waals surface area contributed by atoms with Gasteiger partial charge in [-0.2, -0.15) is 5.10 Å². The van der Waals surface area contributed by atoms with E-state index in [9.17, 15) is 4.79 Å². The molecule has 0 spiro atoms. The maximum atomic E-state index is 12.3. The number of aromatic nitrogens is 3. The Morgan fingerprint density at radius 3 is 2.95 bits per heavy atom. The molecule has 5 nitrogen and oxygen atoms in total. The fraction of sp³-hybridized carbons (Fsp3) is 0.500. The second-order valence-corrected chi connectivity index (χ2v) is 6.39. The third-order valence-corrected chi connectivity index (χ3v) is 4.53. The van der Waals surface area contributed by atoms with Crippen LogP contribution in [-0.4, -0.2) is 20.7 Å². The molecule has 106 valence electrons. The summed E-state index contributed by atoms with van der Waals surface area (Å²) in [6.07, 6.45) is 6.20. The van der Waals surface area contributed by atoms with Crippen LogP contribution in [0, 0.1) is 0 Å². The number of aryl methyl sites for hydroxylation is 2. The largest absolute Gasteiger partial charge is 0.296 e. The van der Waals surface area contributed by atoms with Crippen LogP contribution < -0.4 is 5.32 Å². The van der Waals surface area contributed by atoms with Crippen LogP contribution in [0.2, 0.25) is 0 Å². The lowest BCUT2D eigenvalue weighted by Crippen LogP contribution is -2.18. The lowest BCUT2D eigenvalue weighted by Gasteiger charge is -2.09. The topological polar surface area (TPSA) is 59.8 Å². The first-order valence-corrected chi connectivity index (χ1v) is 7.80. The van der Waals surface area contributed by atoms with Gasteiger partial charge in [0.05, 0.1) is 5.69 Å². The summed E-state index contributed by atoms with van der Waals surface area (Å²) in [6.45, 7) is 4.01.